The van der Waals surface area contributed by atoms with E-state index < -0.39 is 0 Å². The largest absolute Gasteiger partial charge is 0.490 e. The molecule has 1 N–H and O–H groups in total. The summed E-state index contributed by atoms with van der Waals surface area (Å²) < 4.78 is 5.59. The number of aromatic nitrogens is 2. The Balaban J connectivity index is 1.79. The first-order chi connectivity index (χ1) is 10.3. The van der Waals surface area contributed by atoms with Crippen LogP contribution in [0, 0.1) is 0 Å². The monoisotopic (exact) mass is 279 g/mol. The van der Waals surface area contributed by atoms with Gasteiger partial charge in [0.2, 0.25) is 0 Å². The van der Waals surface area contributed by atoms with E-state index in [4.69, 9.17) is 4.74 Å². The number of fused-ring (bicyclic) bond motifs is 2. The Morgan fingerprint density at radius 3 is 2.90 bits per heavy atom. The van der Waals surface area contributed by atoms with Gasteiger partial charge in [0, 0.05) is 5.39 Å². The number of H-pyrrole nitrogens is 1. The van der Waals surface area contributed by atoms with Crippen molar-refractivity contribution in [1.29, 1.82) is 0 Å². The maximum absolute atomic E-state index is 12.8. The summed E-state index contributed by atoms with van der Waals surface area (Å²) in [7, 11) is 0. The summed E-state index contributed by atoms with van der Waals surface area (Å²) in [5.41, 5.74) is 2.10. The SMILES string of the molecule is O=C(c1n[nH]c2ccccc12)N1CCOc2ccccc21. The zero-order chi connectivity index (χ0) is 14.2. The number of benzene rings is 2. The number of hydrogen-bond acceptors (Lipinski definition) is 3. The van der Waals surface area contributed by atoms with Crippen LogP contribution in [0.1, 0.15) is 10.5 Å². The molecule has 0 atom stereocenters. The highest BCUT2D eigenvalue weighted by Crippen LogP contribution is 2.32. The van der Waals surface area contributed by atoms with E-state index in [1.165, 1.54) is 0 Å². The van der Waals surface area contributed by atoms with Crippen molar-refractivity contribution in [2.24, 2.45) is 0 Å². The van der Waals surface area contributed by atoms with Crippen LogP contribution >= 0.6 is 0 Å². The molecule has 0 bridgehead atoms. The maximum atomic E-state index is 12.8. The average Bonchev–Trinajstić information content (AvgIpc) is 2.98. The molecular weight excluding hydrogens is 266 g/mol. The third-order valence-corrected chi connectivity index (χ3v) is 3.65. The quantitative estimate of drug-likeness (QED) is 0.745. The van der Waals surface area contributed by atoms with E-state index in [1.54, 1.807) is 4.90 Å². The van der Waals surface area contributed by atoms with E-state index in [-0.39, 0.29) is 5.91 Å². The minimum atomic E-state index is -0.108. The number of rotatable bonds is 1. The Morgan fingerprint density at radius 1 is 1.14 bits per heavy atom. The van der Waals surface area contributed by atoms with Crippen molar-refractivity contribution >= 4 is 22.5 Å². The summed E-state index contributed by atoms with van der Waals surface area (Å²) in [4.78, 5) is 14.5. The van der Waals surface area contributed by atoms with Crippen molar-refractivity contribution < 1.29 is 9.53 Å². The number of amides is 1. The first kappa shape index (κ1) is 12.0. The highest BCUT2D eigenvalue weighted by atomic mass is 16.5. The van der Waals surface area contributed by atoms with Crippen LogP contribution in [0.15, 0.2) is 48.5 Å². The van der Waals surface area contributed by atoms with E-state index in [1.807, 2.05) is 48.5 Å². The van der Waals surface area contributed by atoms with Crippen LogP contribution in [0.4, 0.5) is 5.69 Å². The van der Waals surface area contributed by atoms with Gasteiger partial charge in [-0.1, -0.05) is 30.3 Å². The van der Waals surface area contributed by atoms with Gasteiger partial charge in [-0.15, -0.1) is 0 Å². The van der Waals surface area contributed by atoms with E-state index in [9.17, 15) is 4.79 Å². The van der Waals surface area contributed by atoms with Crippen molar-refractivity contribution in [3.05, 3.63) is 54.2 Å². The van der Waals surface area contributed by atoms with Crippen LogP contribution in [0.5, 0.6) is 5.75 Å². The fraction of sp³-hybridized carbons (Fsp3) is 0.125. The second kappa shape index (κ2) is 4.63. The predicted octanol–water partition coefficient (Wildman–Crippen LogP) is 2.60. The van der Waals surface area contributed by atoms with Gasteiger partial charge in [0.25, 0.3) is 5.91 Å². The summed E-state index contributed by atoms with van der Waals surface area (Å²) >= 11 is 0. The molecule has 1 aliphatic rings. The number of carbonyl (C=O) groups excluding carboxylic acids is 1. The van der Waals surface area contributed by atoms with E-state index in [0.717, 1.165) is 22.3 Å². The van der Waals surface area contributed by atoms with E-state index >= 15 is 0 Å². The first-order valence-electron chi connectivity index (χ1n) is 6.81. The fourth-order valence-corrected chi connectivity index (χ4v) is 2.63. The number of para-hydroxylation sites is 3. The number of hydrogen-bond donors (Lipinski definition) is 1. The lowest BCUT2D eigenvalue weighted by atomic mass is 10.1. The standard InChI is InChI=1S/C16H13N3O2/c20-16(15-11-5-1-2-6-12(11)17-18-15)19-9-10-21-14-8-4-3-7-13(14)19/h1-8H,9-10H2,(H,17,18). The van der Waals surface area contributed by atoms with Gasteiger partial charge < -0.3 is 9.64 Å². The average molecular weight is 279 g/mol. The third-order valence-electron chi connectivity index (χ3n) is 3.65. The summed E-state index contributed by atoms with van der Waals surface area (Å²) in [6.45, 7) is 1.02. The summed E-state index contributed by atoms with van der Waals surface area (Å²) in [6.07, 6.45) is 0. The number of aromatic amines is 1. The van der Waals surface area contributed by atoms with Crippen molar-refractivity contribution in [1.82, 2.24) is 10.2 Å². The molecule has 1 aromatic heterocycles. The second-order valence-corrected chi connectivity index (χ2v) is 4.89. The van der Waals surface area contributed by atoms with Gasteiger partial charge in [0.05, 0.1) is 17.7 Å². The molecule has 104 valence electrons. The van der Waals surface area contributed by atoms with Crippen molar-refractivity contribution in [2.75, 3.05) is 18.1 Å². The highest BCUT2D eigenvalue weighted by molar-refractivity contribution is 6.13. The lowest BCUT2D eigenvalue weighted by molar-refractivity contribution is 0.0973. The summed E-state index contributed by atoms with van der Waals surface area (Å²) in [5, 5.41) is 7.93. The molecule has 0 fully saturated rings. The van der Waals surface area contributed by atoms with Crippen molar-refractivity contribution in [3.63, 3.8) is 0 Å². The number of nitrogens with one attached hydrogen (secondary N) is 1. The van der Waals surface area contributed by atoms with Crippen LogP contribution in [-0.2, 0) is 0 Å². The Morgan fingerprint density at radius 2 is 1.95 bits per heavy atom. The Kier molecular flexibility index (Phi) is 2.64. The van der Waals surface area contributed by atoms with Gasteiger partial charge in [0.15, 0.2) is 5.69 Å². The number of anilines is 1. The Bertz CT molecular complexity index is 825. The molecule has 5 heteroatoms. The van der Waals surface area contributed by atoms with E-state index in [0.29, 0.717) is 18.8 Å². The predicted molar refractivity (Wildman–Crippen MR) is 79.7 cm³/mol. The molecule has 2 heterocycles. The van der Waals surface area contributed by atoms with Gasteiger partial charge in [-0.05, 0) is 18.2 Å². The Labute approximate surface area is 121 Å². The van der Waals surface area contributed by atoms with Gasteiger partial charge in [-0.2, -0.15) is 5.10 Å². The molecule has 2 aromatic carbocycles. The molecule has 4 rings (SSSR count). The van der Waals surface area contributed by atoms with Gasteiger partial charge >= 0.3 is 0 Å². The topological polar surface area (TPSA) is 58.2 Å². The number of ether oxygens (including phenoxy) is 1. The highest BCUT2D eigenvalue weighted by Gasteiger charge is 2.27. The number of nitrogens with zero attached hydrogens (tertiary/aromatic N) is 2. The molecule has 1 amide bonds. The van der Waals surface area contributed by atoms with Crippen LogP contribution in [-0.4, -0.2) is 29.3 Å². The van der Waals surface area contributed by atoms with Crippen LogP contribution in [0.3, 0.4) is 0 Å². The normalized spacial score (nSPS) is 13.8. The zero-order valence-corrected chi connectivity index (χ0v) is 11.2. The molecule has 21 heavy (non-hydrogen) atoms. The molecule has 5 nitrogen and oxygen atoms in total. The van der Waals surface area contributed by atoms with Crippen LogP contribution in [0.25, 0.3) is 10.9 Å². The Hall–Kier alpha value is -2.82. The van der Waals surface area contributed by atoms with Crippen molar-refractivity contribution in [3.8, 4) is 5.75 Å². The molecule has 3 aromatic rings. The van der Waals surface area contributed by atoms with Crippen LogP contribution < -0.4 is 9.64 Å². The fourth-order valence-electron chi connectivity index (χ4n) is 2.63. The summed E-state index contributed by atoms with van der Waals surface area (Å²) in [6, 6.07) is 15.2. The molecule has 0 unspecified atom stereocenters. The van der Waals surface area contributed by atoms with Gasteiger partial charge in [0.1, 0.15) is 12.4 Å². The molecule has 0 aliphatic carbocycles. The lowest BCUT2D eigenvalue weighted by Crippen LogP contribution is -2.38. The first-order valence-corrected chi connectivity index (χ1v) is 6.81. The van der Waals surface area contributed by atoms with Crippen molar-refractivity contribution in [2.45, 2.75) is 0 Å². The van der Waals surface area contributed by atoms with Gasteiger partial charge in [-0.25, -0.2) is 0 Å². The van der Waals surface area contributed by atoms with E-state index in [2.05, 4.69) is 10.2 Å². The van der Waals surface area contributed by atoms with Crippen LogP contribution in [0.2, 0.25) is 0 Å². The molecule has 0 spiro atoms. The second-order valence-electron chi connectivity index (χ2n) is 4.89. The molecule has 0 radical (unpaired) electrons. The van der Waals surface area contributed by atoms with Gasteiger partial charge in [-0.3, -0.25) is 9.89 Å². The third kappa shape index (κ3) is 1.86. The summed E-state index contributed by atoms with van der Waals surface area (Å²) in [5.74, 6) is 0.625. The molecular formula is C16H13N3O2. The molecule has 1 aliphatic heterocycles. The smallest absolute Gasteiger partial charge is 0.279 e. The minimum absolute atomic E-state index is 0.108. The minimum Gasteiger partial charge on any atom is -0.490 e. The lowest BCUT2D eigenvalue weighted by Gasteiger charge is -2.28. The maximum Gasteiger partial charge on any atom is 0.279 e. The zero-order valence-electron chi connectivity index (χ0n) is 11.2. The molecule has 0 saturated carbocycles. The number of carbonyl (C=O) groups is 1. The molecule has 0 saturated heterocycles.